The van der Waals surface area contributed by atoms with E-state index in [0.717, 1.165) is 35.1 Å². The molecule has 2 aromatic heterocycles. The summed E-state index contributed by atoms with van der Waals surface area (Å²) in [5, 5.41) is 4.64. The maximum absolute atomic E-state index is 5.46. The first-order chi connectivity index (χ1) is 9.67. The van der Waals surface area contributed by atoms with Crippen LogP contribution >= 0.6 is 11.3 Å². The Kier molecular flexibility index (Phi) is 5.09. The van der Waals surface area contributed by atoms with E-state index in [0.29, 0.717) is 0 Å². The fourth-order valence-corrected chi connectivity index (χ4v) is 3.22. The summed E-state index contributed by atoms with van der Waals surface area (Å²) < 4.78 is 5.46. The zero-order chi connectivity index (χ0) is 14.5. The number of hydrogen-bond acceptors (Lipinski definition) is 5. The Labute approximate surface area is 124 Å². The molecule has 108 valence electrons. The second kappa shape index (κ2) is 6.81. The van der Waals surface area contributed by atoms with E-state index in [9.17, 15) is 0 Å². The predicted octanol–water partition coefficient (Wildman–Crippen LogP) is 3.25. The molecule has 5 heteroatoms. The van der Waals surface area contributed by atoms with Crippen LogP contribution in [0.5, 0.6) is 5.75 Å². The highest BCUT2D eigenvalue weighted by molar-refractivity contribution is 7.11. The molecule has 0 radical (unpaired) electrons. The SMILES string of the molecule is CCCNC(c1ncccc1OC)c1sc(C)nc1C. The van der Waals surface area contributed by atoms with Gasteiger partial charge in [0.25, 0.3) is 0 Å². The molecule has 2 heterocycles. The van der Waals surface area contributed by atoms with Crippen molar-refractivity contribution in [3.63, 3.8) is 0 Å². The molecule has 0 saturated heterocycles. The molecule has 0 bridgehead atoms. The molecule has 0 aliphatic heterocycles. The van der Waals surface area contributed by atoms with Gasteiger partial charge in [-0.3, -0.25) is 4.98 Å². The lowest BCUT2D eigenvalue weighted by molar-refractivity contribution is 0.400. The van der Waals surface area contributed by atoms with Crippen molar-refractivity contribution >= 4 is 11.3 Å². The summed E-state index contributed by atoms with van der Waals surface area (Å²) in [5.41, 5.74) is 1.99. The first-order valence-electron chi connectivity index (χ1n) is 6.83. The molecule has 1 unspecified atom stereocenters. The fourth-order valence-electron chi connectivity index (χ4n) is 2.21. The number of aromatic nitrogens is 2. The third kappa shape index (κ3) is 3.16. The van der Waals surface area contributed by atoms with Gasteiger partial charge in [-0.2, -0.15) is 0 Å². The molecule has 1 N–H and O–H groups in total. The predicted molar refractivity (Wildman–Crippen MR) is 82.5 cm³/mol. The highest BCUT2D eigenvalue weighted by atomic mass is 32.1. The van der Waals surface area contributed by atoms with E-state index >= 15 is 0 Å². The number of ether oxygens (including phenoxy) is 1. The Morgan fingerprint density at radius 1 is 1.40 bits per heavy atom. The Bertz CT molecular complexity index is 568. The molecule has 4 nitrogen and oxygen atoms in total. The van der Waals surface area contributed by atoms with E-state index in [-0.39, 0.29) is 6.04 Å². The Morgan fingerprint density at radius 3 is 2.80 bits per heavy atom. The molecular formula is C15H21N3OS. The number of rotatable bonds is 6. The van der Waals surface area contributed by atoms with Crippen LogP contribution in [0.15, 0.2) is 18.3 Å². The van der Waals surface area contributed by atoms with Crippen molar-refractivity contribution in [1.29, 1.82) is 0 Å². The summed E-state index contributed by atoms with van der Waals surface area (Å²) >= 11 is 1.72. The third-order valence-electron chi connectivity index (χ3n) is 3.09. The first-order valence-corrected chi connectivity index (χ1v) is 7.65. The van der Waals surface area contributed by atoms with Crippen molar-refractivity contribution in [1.82, 2.24) is 15.3 Å². The first kappa shape index (κ1) is 14.9. The van der Waals surface area contributed by atoms with Crippen LogP contribution in [-0.4, -0.2) is 23.6 Å². The average Bonchev–Trinajstić information content (AvgIpc) is 2.79. The topological polar surface area (TPSA) is 47.0 Å². The summed E-state index contributed by atoms with van der Waals surface area (Å²) in [6.07, 6.45) is 2.88. The summed E-state index contributed by atoms with van der Waals surface area (Å²) in [5.74, 6) is 0.812. The van der Waals surface area contributed by atoms with Gasteiger partial charge in [0.1, 0.15) is 11.4 Å². The molecular weight excluding hydrogens is 270 g/mol. The molecule has 0 aromatic carbocycles. The van der Waals surface area contributed by atoms with Crippen LogP contribution in [-0.2, 0) is 0 Å². The zero-order valence-corrected chi connectivity index (χ0v) is 13.3. The molecule has 0 fully saturated rings. The number of methoxy groups -OCH3 is 1. The van der Waals surface area contributed by atoms with Gasteiger partial charge in [-0.1, -0.05) is 6.92 Å². The number of aryl methyl sites for hydroxylation is 2. The Hall–Kier alpha value is -1.46. The van der Waals surface area contributed by atoms with Crippen molar-refractivity contribution in [2.24, 2.45) is 0 Å². The summed E-state index contributed by atoms with van der Waals surface area (Å²) in [4.78, 5) is 10.3. The van der Waals surface area contributed by atoms with Gasteiger partial charge in [0, 0.05) is 6.20 Å². The molecule has 2 rings (SSSR count). The number of nitrogens with zero attached hydrogens (tertiary/aromatic N) is 2. The maximum Gasteiger partial charge on any atom is 0.142 e. The number of pyridine rings is 1. The molecule has 0 spiro atoms. The number of thiazole rings is 1. The molecule has 2 aromatic rings. The fraction of sp³-hybridized carbons (Fsp3) is 0.467. The minimum absolute atomic E-state index is 0.0392. The van der Waals surface area contributed by atoms with Crippen LogP contribution in [0.3, 0.4) is 0 Å². The number of nitrogens with one attached hydrogen (secondary N) is 1. The van der Waals surface area contributed by atoms with Crippen LogP contribution in [0.2, 0.25) is 0 Å². The smallest absolute Gasteiger partial charge is 0.142 e. The third-order valence-corrected chi connectivity index (χ3v) is 4.23. The molecule has 0 amide bonds. The molecule has 0 saturated carbocycles. The monoisotopic (exact) mass is 291 g/mol. The second-order valence-electron chi connectivity index (χ2n) is 4.66. The number of hydrogen-bond donors (Lipinski definition) is 1. The summed E-state index contributed by atoms with van der Waals surface area (Å²) in [6, 6.07) is 3.88. The largest absolute Gasteiger partial charge is 0.495 e. The average molecular weight is 291 g/mol. The van der Waals surface area contributed by atoms with Gasteiger partial charge in [-0.15, -0.1) is 11.3 Å². The van der Waals surface area contributed by atoms with E-state index in [1.807, 2.05) is 25.3 Å². The lowest BCUT2D eigenvalue weighted by atomic mass is 10.1. The van der Waals surface area contributed by atoms with Gasteiger partial charge < -0.3 is 10.1 Å². The van der Waals surface area contributed by atoms with E-state index in [4.69, 9.17) is 4.74 Å². The Balaban J connectivity index is 2.44. The molecule has 1 atom stereocenters. The van der Waals surface area contributed by atoms with Crippen LogP contribution in [0.25, 0.3) is 0 Å². The van der Waals surface area contributed by atoms with E-state index < -0.39 is 0 Å². The van der Waals surface area contributed by atoms with Crippen LogP contribution in [0.4, 0.5) is 0 Å². The minimum atomic E-state index is 0.0392. The maximum atomic E-state index is 5.46. The van der Waals surface area contributed by atoms with E-state index in [2.05, 4.69) is 29.1 Å². The van der Waals surface area contributed by atoms with Gasteiger partial charge >= 0.3 is 0 Å². The van der Waals surface area contributed by atoms with Gasteiger partial charge in [-0.25, -0.2) is 4.98 Å². The van der Waals surface area contributed by atoms with E-state index in [1.54, 1.807) is 18.4 Å². The summed E-state index contributed by atoms with van der Waals surface area (Å²) in [6.45, 7) is 7.17. The standard InChI is InChI=1S/C15H21N3OS/c1-5-8-16-14(15-10(2)18-11(3)20-15)13-12(19-4)7-6-9-17-13/h6-7,9,14,16H,5,8H2,1-4H3. The van der Waals surface area contributed by atoms with Crippen molar-refractivity contribution in [3.05, 3.63) is 39.6 Å². The van der Waals surface area contributed by atoms with Crippen molar-refractivity contribution in [3.8, 4) is 5.75 Å². The van der Waals surface area contributed by atoms with Gasteiger partial charge in [0.2, 0.25) is 0 Å². The van der Waals surface area contributed by atoms with Gasteiger partial charge in [-0.05, 0) is 38.9 Å². The van der Waals surface area contributed by atoms with Crippen molar-refractivity contribution in [2.75, 3.05) is 13.7 Å². The highest BCUT2D eigenvalue weighted by Gasteiger charge is 2.23. The quantitative estimate of drug-likeness (QED) is 0.887. The van der Waals surface area contributed by atoms with Crippen LogP contribution in [0, 0.1) is 13.8 Å². The second-order valence-corrected chi connectivity index (χ2v) is 5.90. The minimum Gasteiger partial charge on any atom is -0.495 e. The van der Waals surface area contributed by atoms with Crippen LogP contribution in [0.1, 0.15) is 40.7 Å². The lowest BCUT2D eigenvalue weighted by Gasteiger charge is -2.19. The zero-order valence-electron chi connectivity index (χ0n) is 12.4. The highest BCUT2D eigenvalue weighted by Crippen LogP contribution is 2.33. The van der Waals surface area contributed by atoms with Gasteiger partial charge in [0.15, 0.2) is 0 Å². The Morgan fingerprint density at radius 2 is 2.20 bits per heavy atom. The van der Waals surface area contributed by atoms with Crippen molar-refractivity contribution < 1.29 is 4.74 Å². The van der Waals surface area contributed by atoms with Gasteiger partial charge in [0.05, 0.1) is 28.7 Å². The van der Waals surface area contributed by atoms with E-state index in [1.165, 1.54) is 4.88 Å². The lowest BCUT2D eigenvalue weighted by Crippen LogP contribution is -2.24. The van der Waals surface area contributed by atoms with Crippen molar-refractivity contribution in [2.45, 2.75) is 33.2 Å². The molecule has 0 aliphatic carbocycles. The van der Waals surface area contributed by atoms with Crippen LogP contribution < -0.4 is 10.1 Å². The molecule has 20 heavy (non-hydrogen) atoms. The normalized spacial score (nSPS) is 12.4. The summed E-state index contributed by atoms with van der Waals surface area (Å²) in [7, 11) is 1.68. The molecule has 0 aliphatic rings.